The van der Waals surface area contributed by atoms with Crippen LogP contribution in [-0.4, -0.2) is 49.8 Å². The molecule has 9 heteroatoms. The van der Waals surface area contributed by atoms with Crippen LogP contribution >= 0.6 is 11.8 Å². The summed E-state index contributed by atoms with van der Waals surface area (Å²) in [6.45, 7) is 3.23. The van der Waals surface area contributed by atoms with Gasteiger partial charge >= 0.3 is 11.9 Å². The lowest BCUT2D eigenvalue weighted by Crippen LogP contribution is -2.28. The van der Waals surface area contributed by atoms with Gasteiger partial charge in [0.2, 0.25) is 0 Å². The molecule has 0 fully saturated rings. The van der Waals surface area contributed by atoms with Gasteiger partial charge in [0.25, 0.3) is 0 Å². The van der Waals surface area contributed by atoms with E-state index in [9.17, 15) is 14.7 Å². The van der Waals surface area contributed by atoms with E-state index >= 15 is 0 Å². The zero-order valence-electron chi connectivity index (χ0n) is 11.4. The number of aromatic nitrogens is 3. The van der Waals surface area contributed by atoms with E-state index in [2.05, 4.69) is 10.2 Å². The molecule has 1 rings (SSSR count). The summed E-state index contributed by atoms with van der Waals surface area (Å²) in [5, 5.41) is 25.9. The summed E-state index contributed by atoms with van der Waals surface area (Å²) < 4.78 is 6.19. The van der Waals surface area contributed by atoms with Gasteiger partial charge in [-0.1, -0.05) is 25.6 Å². The predicted octanol–water partition coefficient (Wildman–Crippen LogP) is 0.317. The highest BCUT2D eigenvalue weighted by Gasteiger charge is 2.30. The quantitative estimate of drug-likeness (QED) is 0.546. The van der Waals surface area contributed by atoms with Gasteiger partial charge in [-0.25, -0.2) is 4.79 Å². The van der Waals surface area contributed by atoms with Crippen LogP contribution in [0.15, 0.2) is 5.16 Å². The highest BCUT2D eigenvalue weighted by molar-refractivity contribution is 7.99. The molecular formula is C11H17N3O5S. The van der Waals surface area contributed by atoms with Crippen molar-refractivity contribution >= 4 is 23.7 Å². The Hall–Kier alpha value is -1.61. The van der Waals surface area contributed by atoms with E-state index in [-0.39, 0.29) is 22.7 Å². The van der Waals surface area contributed by atoms with Crippen LogP contribution in [0.3, 0.4) is 0 Å². The Balaban J connectivity index is 3.19. The lowest BCUT2D eigenvalue weighted by Gasteiger charge is -2.22. The second-order valence-electron chi connectivity index (χ2n) is 4.32. The number of rotatable bonds is 7. The van der Waals surface area contributed by atoms with Gasteiger partial charge in [0, 0.05) is 0 Å². The Morgan fingerprint density at radius 3 is 2.50 bits per heavy atom. The third kappa shape index (κ3) is 3.70. The normalized spacial score (nSPS) is 12.4. The van der Waals surface area contributed by atoms with Crippen molar-refractivity contribution in [2.24, 2.45) is 5.92 Å². The van der Waals surface area contributed by atoms with Gasteiger partial charge in [0.15, 0.2) is 11.0 Å². The van der Waals surface area contributed by atoms with Crippen LogP contribution in [0, 0.1) is 5.92 Å². The molecule has 0 amide bonds. The van der Waals surface area contributed by atoms with E-state index < -0.39 is 24.6 Å². The fraction of sp³-hybridized carbons (Fsp3) is 0.636. The van der Waals surface area contributed by atoms with Crippen molar-refractivity contribution in [1.82, 2.24) is 14.8 Å². The van der Waals surface area contributed by atoms with E-state index in [0.717, 1.165) is 11.8 Å². The number of aliphatic hydroxyl groups is 1. The number of methoxy groups -OCH3 is 1. The molecule has 0 aliphatic rings. The van der Waals surface area contributed by atoms with Crippen LogP contribution < -0.4 is 0 Å². The minimum absolute atomic E-state index is 0.132. The minimum atomic E-state index is -1.01. The van der Waals surface area contributed by atoms with E-state index in [1.54, 1.807) is 0 Å². The lowest BCUT2D eigenvalue weighted by molar-refractivity contribution is -0.146. The zero-order chi connectivity index (χ0) is 15.3. The number of carboxylic acid groups (broad SMARTS) is 1. The van der Waals surface area contributed by atoms with E-state index in [0.29, 0.717) is 0 Å². The average molecular weight is 303 g/mol. The molecule has 1 aromatic heterocycles. The molecule has 0 spiro atoms. The van der Waals surface area contributed by atoms with Crippen LogP contribution in [0.5, 0.6) is 0 Å². The Morgan fingerprint density at radius 1 is 1.40 bits per heavy atom. The van der Waals surface area contributed by atoms with Crippen molar-refractivity contribution in [1.29, 1.82) is 0 Å². The first kappa shape index (κ1) is 16.4. The van der Waals surface area contributed by atoms with Crippen molar-refractivity contribution < 1.29 is 24.5 Å². The molecule has 0 radical (unpaired) electrons. The first-order valence-electron chi connectivity index (χ1n) is 5.89. The Morgan fingerprint density at radius 2 is 2.05 bits per heavy atom. The van der Waals surface area contributed by atoms with Crippen molar-refractivity contribution in [3.63, 3.8) is 0 Å². The van der Waals surface area contributed by atoms with Gasteiger partial charge in [-0.3, -0.25) is 9.36 Å². The first-order valence-corrected chi connectivity index (χ1v) is 6.88. The molecule has 8 nitrogen and oxygen atoms in total. The summed E-state index contributed by atoms with van der Waals surface area (Å²) in [6.07, 6.45) is 0. The SMILES string of the molecule is COC(=O)C(C(C)C)n1c(CO)nnc1SCC(=O)O. The maximum absolute atomic E-state index is 11.9. The molecule has 0 saturated heterocycles. The van der Waals surface area contributed by atoms with Crippen LogP contribution in [-0.2, 0) is 20.9 Å². The maximum atomic E-state index is 11.9. The number of aliphatic hydroxyl groups excluding tert-OH is 1. The minimum Gasteiger partial charge on any atom is -0.481 e. The highest BCUT2D eigenvalue weighted by Crippen LogP contribution is 2.27. The summed E-state index contributed by atoms with van der Waals surface area (Å²) in [7, 11) is 1.27. The zero-order valence-corrected chi connectivity index (χ0v) is 12.3. The second kappa shape index (κ2) is 7.25. The van der Waals surface area contributed by atoms with Crippen LogP contribution in [0.1, 0.15) is 25.7 Å². The topological polar surface area (TPSA) is 115 Å². The smallest absolute Gasteiger partial charge is 0.329 e. The Labute approximate surface area is 120 Å². The molecule has 2 N–H and O–H groups in total. The van der Waals surface area contributed by atoms with E-state index in [1.807, 2.05) is 13.8 Å². The van der Waals surface area contributed by atoms with Crippen molar-refractivity contribution in [3.8, 4) is 0 Å². The molecule has 0 saturated carbocycles. The molecule has 1 atom stereocenters. The fourth-order valence-electron chi connectivity index (χ4n) is 1.72. The number of nitrogens with zero attached hydrogens (tertiary/aromatic N) is 3. The Bertz CT molecular complexity index is 488. The molecule has 0 aromatic carbocycles. The summed E-state index contributed by atoms with van der Waals surface area (Å²) in [6, 6.07) is -0.714. The number of carboxylic acids is 1. The monoisotopic (exact) mass is 303 g/mol. The standard InChI is InChI=1S/C11H17N3O5S/c1-6(2)9(10(18)19-3)14-7(4-15)12-13-11(14)20-5-8(16)17/h6,9,15H,4-5H2,1-3H3,(H,16,17). The highest BCUT2D eigenvalue weighted by atomic mass is 32.2. The molecule has 1 unspecified atom stereocenters. The number of aliphatic carboxylic acids is 1. The van der Waals surface area contributed by atoms with Crippen LogP contribution in [0.2, 0.25) is 0 Å². The summed E-state index contributed by atoms with van der Waals surface area (Å²) >= 11 is 0.936. The number of hydrogen-bond acceptors (Lipinski definition) is 7. The summed E-state index contributed by atoms with van der Waals surface area (Å²) in [5.74, 6) is -1.65. The summed E-state index contributed by atoms with van der Waals surface area (Å²) in [4.78, 5) is 22.5. The van der Waals surface area contributed by atoms with Crippen molar-refractivity contribution in [3.05, 3.63) is 5.82 Å². The second-order valence-corrected chi connectivity index (χ2v) is 5.26. The van der Waals surface area contributed by atoms with Crippen molar-refractivity contribution in [2.45, 2.75) is 31.7 Å². The number of hydrogen-bond donors (Lipinski definition) is 2. The third-order valence-electron chi connectivity index (χ3n) is 2.55. The van der Waals surface area contributed by atoms with Gasteiger partial charge in [-0.15, -0.1) is 10.2 Å². The van der Waals surface area contributed by atoms with Crippen molar-refractivity contribution in [2.75, 3.05) is 12.9 Å². The van der Waals surface area contributed by atoms with Gasteiger partial charge < -0.3 is 14.9 Å². The number of thioether (sulfide) groups is 1. The van der Waals surface area contributed by atoms with E-state index in [4.69, 9.17) is 9.84 Å². The molecule has 20 heavy (non-hydrogen) atoms. The van der Waals surface area contributed by atoms with Gasteiger partial charge in [-0.05, 0) is 5.92 Å². The number of carbonyl (C=O) groups excluding carboxylic acids is 1. The average Bonchev–Trinajstić information content (AvgIpc) is 2.78. The lowest BCUT2D eigenvalue weighted by atomic mass is 10.0. The molecule has 1 aromatic rings. The van der Waals surface area contributed by atoms with Crippen LogP contribution in [0.25, 0.3) is 0 Å². The fourth-order valence-corrected chi connectivity index (χ4v) is 2.42. The molecule has 1 heterocycles. The molecule has 0 bridgehead atoms. The van der Waals surface area contributed by atoms with Gasteiger partial charge in [0.05, 0.1) is 12.9 Å². The Kier molecular flexibility index (Phi) is 5.96. The molecule has 0 aliphatic carbocycles. The number of ether oxygens (including phenoxy) is 1. The number of esters is 1. The summed E-state index contributed by atoms with van der Waals surface area (Å²) in [5.41, 5.74) is 0. The van der Waals surface area contributed by atoms with Gasteiger partial charge in [-0.2, -0.15) is 0 Å². The van der Waals surface area contributed by atoms with Crippen LogP contribution in [0.4, 0.5) is 0 Å². The maximum Gasteiger partial charge on any atom is 0.329 e. The van der Waals surface area contributed by atoms with Gasteiger partial charge in [0.1, 0.15) is 12.6 Å². The third-order valence-corrected chi connectivity index (χ3v) is 3.48. The largest absolute Gasteiger partial charge is 0.481 e. The predicted molar refractivity (Wildman–Crippen MR) is 70.2 cm³/mol. The molecule has 112 valence electrons. The first-order chi connectivity index (χ1) is 9.42. The number of carbonyl (C=O) groups is 2. The molecule has 0 aliphatic heterocycles. The van der Waals surface area contributed by atoms with E-state index in [1.165, 1.54) is 11.7 Å². The molecular weight excluding hydrogens is 286 g/mol.